The molecule has 0 saturated carbocycles. The summed E-state index contributed by atoms with van der Waals surface area (Å²) in [5.74, 6) is 1.13. The maximum absolute atomic E-state index is 13.3. The molecule has 3 amide bonds. The van der Waals surface area contributed by atoms with Crippen molar-refractivity contribution < 1.29 is 23.8 Å². The van der Waals surface area contributed by atoms with Gasteiger partial charge < -0.3 is 29.7 Å². The van der Waals surface area contributed by atoms with Gasteiger partial charge in [0.1, 0.15) is 18.1 Å². The number of nitrogens with one attached hydrogen (secondary N) is 2. The van der Waals surface area contributed by atoms with E-state index in [1.54, 1.807) is 68.6 Å². The van der Waals surface area contributed by atoms with Crippen LogP contribution in [0.1, 0.15) is 24.2 Å². The van der Waals surface area contributed by atoms with Gasteiger partial charge in [-0.1, -0.05) is 13.0 Å². The van der Waals surface area contributed by atoms with E-state index in [2.05, 4.69) is 36.4 Å². The Kier molecular flexibility index (Phi) is 8.95. The van der Waals surface area contributed by atoms with E-state index < -0.39 is 6.03 Å². The van der Waals surface area contributed by atoms with Crippen LogP contribution in [0.25, 0.3) is 0 Å². The highest BCUT2D eigenvalue weighted by Gasteiger charge is 2.27. The van der Waals surface area contributed by atoms with Gasteiger partial charge >= 0.3 is 6.03 Å². The van der Waals surface area contributed by atoms with E-state index in [0.717, 1.165) is 6.54 Å². The molecular formula is C26H36N4O5. The number of rotatable bonds is 4. The summed E-state index contributed by atoms with van der Waals surface area (Å²) in [5, 5.41) is 5.58. The number of methoxy groups -OCH3 is 2. The molecule has 0 fully saturated rings. The van der Waals surface area contributed by atoms with Crippen molar-refractivity contribution in [3.8, 4) is 11.5 Å². The Morgan fingerprint density at radius 1 is 1.03 bits per heavy atom. The van der Waals surface area contributed by atoms with E-state index in [9.17, 15) is 9.59 Å². The summed E-state index contributed by atoms with van der Waals surface area (Å²) in [4.78, 5) is 29.7. The first-order valence-electron chi connectivity index (χ1n) is 11.7. The summed E-state index contributed by atoms with van der Waals surface area (Å²) in [6.07, 6.45) is -0.0939. The quantitative estimate of drug-likeness (QED) is 0.686. The number of likely N-dealkylation sites (N-methyl/N-ethyl adjacent to an activating group) is 2. The molecule has 2 aromatic rings. The lowest BCUT2D eigenvalue weighted by molar-refractivity contribution is 0.0150. The first-order chi connectivity index (χ1) is 16.7. The molecule has 1 heterocycles. The van der Waals surface area contributed by atoms with Crippen LogP contribution in [0.2, 0.25) is 0 Å². The topological polar surface area (TPSA) is 92.4 Å². The average Bonchev–Trinajstić information content (AvgIpc) is 2.84. The molecule has 35 heavy (non-hydrogen) atoms. The van der Waals surface area contributed by atoms with Gasteiger partial charge in [-0.15, -0.1) is 0 Å². The maximum atomic E-state index is 13.3. The molecule has 0 spiro atoms. The summed E-state index contributed by atoms with van der Waals surface area (Å²) in [6.45, 7) is 5.87. The highest BCUT2D eigenvalue weighted by atomic mass is 16.5. The highest BCUT2D eigenvalue weighted by Crippen LogP contribution is 2.27. The van der Waals surface area contributed by atoms with E-state index in [0.29, 0.717) is 41.6 Å². The molecule has 1 aliphatic heterocycles. The van der Waals surface area contributed by atoms with Crippen molar-refractivity contribution >= 4 is 23.3 Å². The summed E-state index contributed by atoms with van der Waals surface area (Å²) in [6, 6.07) is 11.8. The fourth-order valence-electron chi connectivity index (χ4n) is 4.03. The Balaban J connectivity index is 1.82. The van der Waals surface area contributed by atoms with Gasteiger partial charge in [-0.3, -0.25) is 9.69 Å². The van der Waals surface area contributed by atoms with Crippen molar-refractivity contribution in [1.29, 1.82) is 0 Å². The van der Waals surface area contributed by atoms with Crippen LogP contribution in [-0.2, 0) is 4.74 Å². The number of amides is 3. The number of ether oxygens (including phenoxy) is 3. The molecule has 0 aliphatic carbocycles. The van der Waals surface area contributed by atoms with Crippen LogP contribution < -0.4 is 20.1 Å². The summed E-state index contributed by atoms with van der Waals surface area (Å²) < 4.78 is 17.0. The monoisotopic (exact) mass is 484 g/mol. The predicted octanol–water partition coefficient (Wildman–Crippen LogP) is 3.78. The van der Waals surface area contributed by atoms with Crippen molar-refractivity contribution in [2.24, 2.45) is 5.92 Å². The number of anilines is 2. The lowest BCUT2D eigenvalue weighted by atomic mass is 10.0. The van der Waals surface area contributed by atoms with E-state index in [1.165, 1.54) is 0 Å². The minimum absolute atomic E-state index is 0.0939. The molecule has 0 saturated heterocycles. The van der Waals surface area contributed by atoms with Crippen LogP contribution in [0, 0.1) is 5.92 Å². The normalized spacial score (nSPS) is 21.7. The zero-order valence-electron chi connectivity index (χ0n) is 21.3. The number of nitrogens with zero attached hydrogens (tertiary/aromatic N) is 2. The Bertz CT molecular complexity index is 1030. The van der Waals surface area contributed by atoms with Gasteiger partial charge in [-0.25, -0.2) is 4.79 Å². The first kappa shape index (κ1) is 26.3. The smallest absolute Gasteiger partial charge is 0.323 e. The minimum Gasteiger partial charge on any atom is -0.497 e. The number of urea groups is 1. The summed E-state index contributed by atoms with van der Waals surface area (Å²) >= 11 is 0. The van der Waals surface area contributed by atoms with E-state index in [4.69, 9.17) is 14.2 Å². The molecule has 9 heteroatoms. The highest BCUT2D eigenvalue weighted by molar-refractivity contribution is 6.01. The third kappa shape index (κ3) is 6.86. The molecule has 0 radical (unpaired) electrons. The van der Waals surface area contributed by atoms with Crippen LogP contribution in [-0.4, -0.2) is 81.9 Å². The number of carbonyl (C=O) groups excluding carboxylic acids is 2. The SMILES string of the molecule is COc1cccc(NC(=O)Nc2ccc3c(c2)OC[C@@H](C)N(C)C[C@@H](C)[C@@H](OC)CN(C)C3=O)c1. The van der Waals surface area contributed by atoms with Gasteiger partial charge in [-0.2, -0.15) is 0 Å². The van der Waals surface area contributed by atoms with Crippen LogP contribution in [0.15, 0.2) is 42.5 Å². The van der Waals surface area contributed by atoms with E-state index >= 15 is 0 Å². The van der Waals surface area contributed by atoms with Gasteiger partial charge in [0.25, 0.3) is 5.91 Å². The standard InChI is InChI=1S/C26H36N4O5/c1-17-14-29(3)18(2)16-35-23-13-20(10-11-22(23)25(31)30(4)15-24(17)34-6)28-26(32)27-19-8-7-9-21(12-19)33-5/h7-13,17-18,24H,14-16H2,1-6H3,(H2,27,28,32)/t17-,18-,24+/m1/s1. The molecule has 2 aromatic carbocycles. The van der Waals surface area contributed by atoms with Gasteiger partial charge in [0.2, 0.25) is 0 Å². The number of hydrogen-bond donors (Lipinski definition) is 2. The second kappa shape index (κ2) is 11.9. The molecule has 0 aromatic heterocycles. The second-order valence-corrected chi connectivity index (χ2v) is 9.06. The fourth-order valence-corrected chi connectivity index (χ4v) is 4.03. The van der Waals surface area contributed by atoms with Crippen LogP contribution in [0.4, 0.5) is 16.2 Å². The van der Waals surface area contributed by atoms with Crippen LogP contribution in [0.3, 0.4) is 0 Å². The number of hydrogen-bond acceptors (Lipinski definition) is 6. The molecule has 0 bridgehead atoms. The van der Waals surface area contributed by atoms with Crippen molar-refractivity contribution in [3.05, 3.63) is 48.0 Å². The molecule has 2 N–H and O–H groups in total. The van der Waals surface area contributed by atoms with E-state index in [-0.39, 0.29) is 24.0 Å². The molecule has 1 aliphatic rings. The molecular weight excluding hydrogens is 448 g/mol. The molecule has 9 nitrogen and oxygen atoms in total. The largest absolute Gasteiger partial charge is 0.497 e. The van der Waals surface area contributed by atoms with Crippen LogP contribution in [0.5, 0.6) is 11.5 Å². The predicted molar refractivity (Wildman–Crippen MR) is 137 cm³/mol. The lowest BCUT2D eigenvalue weighted by Crippen LogP contribution is -2.45. The fraction of sp³-hybridized carbons (Fsp3) is 0.462. The molecule has 0 unspecified atom stereocenters. The Labute approximate surface area is 207 Å². The Morgan fingerprint density at radius 3 is 2.43 bits per heavy atom. The third-order valence-electron chi connectivity index (χ3n) is 6.34. The Morgan fingerprint density at radius 2 is 1.74 bits per heavy atom. The van der Waals surface area contributed by atoms with Crippen molar-refractivity contribution in [2.45, 2.75) is 26.0 Å². The average molecular weight is 485 g/mol. The van der Waals surface area contributed by atoms with Gasteiger partial charge in [0.15, 0.2) is 0 Å². The zero-order chi connectivity index (χ0) is 25.5. The van der Waals surface area contributed by atoms with Gasteiger partial charge in [-0.05, 0) is 44.2 Å². The maximum Gasteiger partial charge on any atom is 0.323 e. The van der Waals surface area contributed by atoms with Crippen LogP contribution >= 0.6 is 0 Å². The minimum atomic E-state index is -0.417. The van der Waals surface area contributed by atoms with Crippen molar-refractivity contribution in [1.82, 2.24) is 9.80 Å². The molecule has 190 valence electrons. The van der Waals surface area contributed by atoms with Gasteiger partial charge in [0.05, 0.1) is 18.8 Å². The molecule has 3 rings (SSSR count). The zero-order valence-corrected chi connectivity index (χ0v) is 21.3. The number of fused-ring (bicyclic) bond motifs is 1. The summed E-state index contributed by atoms with van der Waals surface area (Å²) in [5.41, 5.74) is 1.54. The van der Waals surface area contributed by atoms with E-state index in [1.807, 2.05) is 0 Å². The van der Waals surface area contributed by atoms with Gasteiger partial charge in [0, 0.05) is 56.8 Å². The van der Waals surface area contributed by atoms with Crippen molar-refractivity contribution in [2.75, 3.05) is 58.6 Å². The lowest BCUT2D eigenvalue weighted by Gasteiger charge is -2.34. The Hall–Kier alpha value is -3.30. The third-order valence-corrected chi connectivity index (χ3v) is 6.34. The first-order valence-corrected chi connectivity index (χ1v) is 11.7. The van der Waals surface area contributed by atoms with Crippen molar-refractivity contribution in [3.63, 3.8) is 0 Å². The second-order valence-electron chi connectivity index (χ2n) is 9.06. The number of benzene rings is 2. The summed E-state index contributed by atoms with van der Waals surface area (Å²) in [7, 11) is 7.06. The number of carbonyl (C=O) groups is 2. The molecule has 3 atom stereocenters.